The quantitative estimate of drug-likeness (QED) is 0.355. The van der Waals surface area contributed by atoms with Crippen LogP contribution in [0.25, 0.3) is 5.82 Å². The fourth-order valence-electron chi connectivity index (χ4n) is 4.91. The minimum atomic E-state index is -0.526. The molecule has 1 fully saturated rings. The number of hydrogen-bond donors (Lipinski definition) is 2. The van der Waals surface area contributed by atoms with E-state index in [1.165, 1.54) is 4.68 Å². The largest absolute Gasteiger partial charge is 0.497 e. The number of nitrogen functional groups attached to an aromatic ring is 1. The van der Waals surface area contributed by atoms with E-state index in [4.69, 9.17) is 15.1 Å². The summed E-state index contributed by atoms with van der Waals surface area (Å²) in [5, 5.41) is 19.8. The van der Waals surface area contributed by atoms with Gasteiger partial charge in [0.2, 0.25) is 11.6 Å². The first-order valence-corrected chi connectivity index (χ1v) is 12.2. The highest BCUT2D eigenvalue weighted by Crippen LogP contribution is 2.28. The monoisotopic (exact) mass is 507 g/mol. The van der Waals surface area contributed by atoms with Crippen LogP contribution >= 0.6 is 0 Å². The summed E-state index contributed by atoms with van der Waals surface area (Å²) in [6, 6.07) is 5.77. The normalized spacial score (nSPS) is 20.2. The van der Waals surface area contributed by atoms with Gasteiger partial charge in [0.25, 0.3) is 5.91 Å². The first-order chi connectivity index (χ1) is 17.9. The molecule has 0 radical (unpaired) electrons. The van der Waals surface area contributed by atoms with Crippen molar-refractivity contribution in [1.82, 2.24) is 35.6 Å². The van der Waals surface area contributed by atoms with Gasteiger partial charge in [0.05, 0.1) is 12.8 Å². The molecule has 0 spiro atoms. The van der Waals surface area contributed by atoms with Gasteiger partial charge < -0.3 is 10.5 Å². The number of aromatic nitrogens is 5. The van der Waals surface area contributed by atoms with Crippen molar-refractivity contribution in [3.8, 4) is 11.6 Å². The maximum absolute atomic E-state index is 13.1. The fraction of sp³-hybridized carbons (Fsp3) is 0.458. The van der Waals surface area contributed by atoms with Gasteiger partial charge in [-0.15, -0.1) is 5.10 Å². The molecule has 3 N–H and O–H groups in total. The van der Waals surface area contributed by atoms with Gasteiger partial charge in [-0.2, -0.15) is 9.78 Å². The van der Waals surface area contributed by atoms with Gasteiger partial charge >= 0.3 is 0 Å². The van der Waals surface area contributed by atoms with Crippen LogP contribution in [0.4, 0.5) is 5.82 Å². The highest BCUT2D eigenvalue weighted by Gasteiger charge is 2.28. The van der Waals surface area contributed by atoms with E-state index >= 15 is 0 Å². The van der Waals surface area contributed by atoms with Crippen molar-refractivity contribution in [3.63, 3.8) is 0 Å². The average molecular weight is 508 g/mol. The third-order valence-electron chi connectivity index (χ3n) is 6.96. The summed E-state index contributed by atoms with van der Waals surface area (Å²) in [7, 11) is 1.59. The Labute approximate surface area is 213 Å². The number of nitrogens with one attached hydrogen (secondary N) is 1. The molecule has 1 amide bonds. The second kappa shape index (κ2) is 10.5. The Morgan fingerprint density at radius 3 is 2.95 bits per heavy atom. The van der Waals surface area contributed by atoms with Crippen LogP contribution in [0.15, 0.2) is 27.9 Å². The number of anilines is 1. The van der Waals surface area contributed by atoms with Gasteiger partial charge in [0, 0.05) is 36.7 Å². The Morgan fingerprint density at radius 2 is 2.19 bits per heavy atom. The van der Waals surface area contributed by atoms with Crippen LogP contribution in [0, 0.1) is 5.92 Å². The van der Waals surface area contributed by atoms with Crippen molar-refractivity contribution in [2.45, 2.75) is 51.6 Å². The number of amides is 1. The van der Waals surface area contributed by atoms with E-state index in [1.807, 2.05) is 6.07 Å². The van der Waals surface area contributed by atoms with E-state index in [9.17, 15) is 9.59 Å². The summed E-state index contributed by atoms with van der Waals surface area (Å²) >= 11 is 0. The number of rotatable bonds is 7. The number of piperidine rings is 1. The summed E-state index contributed by atoms with van der Waals surface area (Å²) in [6.45, 7) is 3.46. The van der Waals surface area contributed by atoms with E-state index in [0.717, 1.165) is 31.4 Å². The number of nitrogens with zero attached hydrogens (tertiary/aromatic N) is 7. The first-order valence-electron chi connectivity index (χ1n) is 12.2. The number of ketones is 1. The molecule has 1 aromatic carbocycles. The molecule has 194 valence electrons. The summed E-state index contributed by atoms with van der Waals surface area (Å²) < 4.78 is 11.4. The Kier molecular flexibility index (Phi) is 6.95. The molecule has 13 heteroatoms. The van der Waals surface area contributed by atoms with Gasteiger partial charge in [-0.3, -0.25) is 14.5 Å². The zero-order valence-electron chi connectivity index (χ0n) is 20.8. The molecule has 0 unspecified atom stereocenters. The Morgan fingerprint density at radius 1 is 1.32 bits per heavy atom. The van der Waals surface area contributed by atoms with Gasteiger partial charge in [0.1, 0.15) is 5.75 Å². The van der Waals surface area contributed by atoms with Crippen molar-refractivity contribution >= 4 is 23.7 Å². The first kappa shape index (κ1) is 24.6. The molecule has 0 saturated carbocycles. The number of likely N-dealkylation sites (tertiary alicyclic amines) is 1. The number of benzene rings is 1. The number of fused-ring (bicyclic) bond motifs is 1. The molecule has 1 saturated heterocycles. The highest BCUT2D eigenvalue weighted by molar-refractivity contribution is 6.00. The van der Waals surface area contributed by atoms with Crippen molar-refractivity contribution < 1.29 is 19.0 Å². The van der Waals surface area contributed by atoms with Crippen molar-refractivity contribution in [3.05, 3.63) is 40.7 Å². The molecule has 2 aromatic heterocycles. The highest BCUT2D eigenvalue weighted by atomic mass is 16.6. The number of ether oxygens (including phenoxy) is 1. The van der Waals surface area contributed by atoms with E-state index in [-0.39, 0.29) is 29.0 Å². The van der Waals surface area contributed by atoms with Gasteiger partial charge in [-0.1, -0.05) is 11.6 Å². The Balaban J connectivity index is 1.33. The number of Topliss-reactive ketones (excluding diaryl/α,β-unsaturated/α-hetero) is 1. The molecular formula is C24H29N9O4. The molecule has 5 rings (SSSR count). The second-order valence-corrected chi connectivity index (χ2v) is 9.42. The van der Waals surface area contributed by atoms with Crippen molar-refractivity contribution in [2.75, 3.05) is 19.4 Å². The van der Waals surface area contributed by atoms with E-state index in [0.29, 0.717) is 42.4 Å². The standard InChI is InChI=1S/C24H29N9O4/c1-14-5-3-4-8-32(14)13-19-21(27-31-33(19)23-22(25)29-37-30-23)24(35)28-26-12-15-9-16-11-17(36-2)6-7-18(16)20(34)10-15/h6-7,11-12,14-15H,3-5,8-10,13H2,1-2H3,(H2,25,29)(H,28,35)/b26-12+/t14-,15+/m0/s1. The van der Waals surface area contributed by atoms with Crippen molar-refractivity contribution in [2.24, 2.45) is 11.0 Å². The number of nitrogens with two attached hydrogens (primary N) is 1. The maximum atomic E-state index is 13.1. The molecule has 2 aliphatic rings. The SMILES string of the molecule is COc1ccc2c(c1)C[C@@H](/C=N/NC(=O)c1nnn(-c3nonc3N)c1CN1CCCC[C@@H]1C)CC2=O. The lowest BCUT2D eigenvalue weighted by Gasteiger charge is -2.33. The summed E-state index contributed by atoms with van der Waals surface area (Å²) in [5.74, 6) is 0.260. The molecular weight excluding hydrogens is 478 g/mol. The minimum absolute atomic E-state index is 0.0337. The number of methoxy groups -OCH3 is 1. The van der Waals surface area contributed by atoms with Gasteiger partial charge in [-0.05, 0) is 66.8 Å². The van der Waals surface area contributed by atoms with Gasteiger partial charge in [-0.25, -0.2) is 10.1 Å². The van der Waals surface area contributed by atoms with Crippen LogP contribution in [0.5, 0.6) is 5.75 Å². The van der Waals surface area contributed by atoms with Crippen LogP contribution in [0.3, 0.4) is 0 Å². The lowest BCUT2D eigenvalue weighted by atomic mass is 9.83. The molecule has 1 aliphatic heterocycles. The lowest BCUT2D eigenvalue weighted by Crippen LogP contribution is -2.38. The van der Waals surface area contributed by atoms with Crippen LogP contribution in [-0.4, -0.2) is 67.8 Å². The minimum Gasteiger partial charge on any atom is -0.497 e. The number of carbonyl (C=O) groups excluding carboxylic acids is 2. The topological polar surface area (TPSA) is 167 Å². The lowest BCUT2D eigenvalue weighted by molar-refractivity contribution is 0.0944. The Bertz CT molecular complexity index is 1330. The van der Waals surface area contributed by atoms with E-state index in [1.54, 1.807) is 25.5 Å². The molecule has 37 heavy (non-hydrogen) atoms. The van der Waals surface area contributed by atoms with Crippen LogP contribution in [-0.2, 0) is 13.0 Å². The smallest absolute Gasteiger partial charge is 0.293 e. The maximum Gasteiger partial charge on any atom is 0.293 e. The summed E-state index contributed by atoms with van der Waals surface area (Å²) in [4.78, 5) is 27.9. The number of carbonyl (C=O) groups is 2. The Hall–Kier alpha value is -4.13. The fourth-order valence-corrected chi connectivity index (χ4v) is 4.91. The van der Waals surface area contributed by atoms with E-state index in [2.05, 4.69) is 43.0 Å². The molecule has 2 atom stereocenters. The van der Waals surface area contributed by atoms with Gasteiger partial charge in [0.15, 0.2) is 11.5 Å². The predicted molar refractivity (Wildman–Crippen MR) is 132 cm³/mol. The van der Waals surface area contributed by atoms with Crippen LogP contribution < -0.4 is 15.9 Å². The van der Waals surface area contributed by atoms with Crippen LogP contribution in [0.1, 0.15) is 64.7 Å². The third-order valence-corrected chi connectivity index (χ3v) is 6.96. The zero-order chi connectivity index (χ0) is 25.9. The molecule has 0 bridgehead atoms. The molecule has 3 heterocycles. The van der Waals surface area contributed by atoms with E-state index < -0.39 is 5.91 Å². The number of hydrazone groups is 1. The molecule has 13 nitrogen and oxygen atoms in total. The molecule has 3 aromatic rings. The zero-order valence-corrected chi connectivity index (χ0v) is 20.8. The summed E-state index contributed by atoms with van der Waals surface area (Å²) in [6.07, 6.45) is 5.82. The van der Waals surface area contributed by atoms with Crippen LogP contribution in [0.2, 0.25) is 0 Å². The average Bonchev–Trinajstić information content (AvgIpc) is 3.50. The third kappa shape index (κ3) is 5.07. The predicted octanol–water partition coefficient (Wildman–Crippen LogP) is 1.78. The number of hydrogen-bond acceptors (Lipinski definition) is 11. The second-order valence-electron chi connectivity index (χ2n) is 9.42. The molecule has 1 aliphatic carbocycles. The van der Waals surface area contributed by atoms with Crippen molar-refractivity contribution in [1.29, 1.82) is 0 Å². The summed E-state index contributed by atoms with van der Waals surface area (Å²) in [5.41, 5.74) is 10.6.